The zero-order valence-electron chi connectivity index (χ0n) is 11.6. The molecule has 0 spiro atoms. The molecule has 17 heavy (non-hydrogen) atoms. The summed E-state index contributed by atoms with van der Waals surface area (Å²) >= 11 is 0. The average Bonchev–Trinajstić information content (AvgIpc) is 2.29. The molecule has 2 N–H and O–H groups in total. The third-order valence-electron chi connectivity index (χ3n) is 3.27. The molecule has 2 unspecified atom stereocenters. The lowest BCUT2D eigenvalue weighted by atomic mass is 9.92. The molecule has 0 aromatic heterocycles. The van der Waals surface area contributed by atoms with Crippen LogP contribution in [0.5, 0.6) is 0 Å². The van der Waals surface area contributed by atoms with Gasteiger partial charge in [0.2, 0.25) is 0 Å². The highest BCUT2D eigenvalue weighted by Gasteiger charge is 2.22. The molecule has 0 saturated carbocycles. The van der Waals surface area contributed by atoms with Crippen molar-refractivity contribution in [3.8, 4) is 0 Å². The summed E-state index contributed by atoms with van der Waals surface area (Å²) in [4.78, 5) is 0. The van der Waals surface area contributed by atoms with Gasteiger partial charge in [-0.25, -0.2) is 0 Å². The molecule has 2 nitrogen and oxygen atoms in total. The maximum absolute atomic E-state index is 6.25. The van der Waals surface area contributed by atoms with Gasteiger partial charge in [-0.2, -0.15) is 0 Å². The molecule has 1 aromatic carbocycles. The number of methoxy groups -OCH3 is 1. The van der Waals surface area contributed by atoms with E-state index >= 15 is 0 Å². The van der Waals surface area contributed by atoms with Crippen LogP contribution in [0.1, 0.15) is 50.8 Å². The Balaban J connectivity index is 2.85. The molecule has 0 saturated heterocycles. The Morgan fingerprint density at radius 2 is 1.41 bits per heavy atom. The zero-order valence-corrected chi connectivity index (χ0v) is 11.6. The van der Waals surface area contributed by atoms with Crippen molar-refractivity contribution >= 4 is 0 Å². The Morgan fingerprint density at radius 3 is 1.76 bits per heavy atom. The molecule has 0 aliphatic carbocycles. The van der Waals surface area contributed by atoms with E-state index in [1.165, 1.54) is 5.56 Å². The number of ether oxygens (including phenoxy) is 1. The summed E-state index contributed by atoms with van der Waals surface area (Å²) in [6.07, 6.45) is 0.0694. The molecular weight excluding hydrogens is 210 g/mol. The second-order valence-electron chi connectivity index (χ2n) is 5.29. The highest BCUT2D eigenvalue weighted by molar-refractivity contribution is 5.27. The van der Waals surface area contributed by atoms with Crippen molar-refractivity contribution in [3.05, 3.63) is 35.4 Å². The van der Waals surface area contributed by atoms with Crippen LogP contribution in [0.25, 0.3) is 0 Å². The van der Waals surface area contributed by atoms with Crippen molar-refractivity contribution in [2.75, 3.05) is 7.11 Å². The van der Waals surface area contributed by atoms with Crippen molar-refractivity contribution in [2.45, 2.75) is 45.8 Å². The van der Waals surface area contributed by atoms with Gasteiger partial charge in [0.05, 0.1) is 12.1 Å². The topological polar surface area (TPSA) is 35.2 Å². The molecule has 0 amide bonds. The van der Waals surface area contributed by atoms with Crippen LogP contribution in [0, 0.1) is 5.92 Å². The smallest absolute Gasteiger partial charge is 0.0786 e. The SMILES string of the molecule is COC(C(C)C)C(N)c1ccc(C(C)C)cc1. The van der Waals surface area contributed by atoms with E-state index in [1.807, 2.05) is 0 Å². The number of nitrogens with two attached hydrogens (primary N) is 1. The van der Waals surface area contributed by atoms with E-state index in [2.05, 4.69) is 52.0 Å². The lowest BCUT2D eigenvalue weighted by Crippen LogP contribution is -2.32. The van der Waals surface area contributed by atoms with Crippen LogP contribution in [0.4, 0.5) is 0 Å². The van der Waals surface area contributed by atoms with E-state index in [1.54, 1.807) is 7.11 Å². The quantitative estimate of drug-likeness (QED) is 0.848. The van der Waals surface area contributed by atoms with Crippen LogP contribution in [-0.2, 0) is 4.74 Å². The summed E-state index contributed by atoms with van der Waals surface area (Å²) < 4.78 is 5.48. The Morgan fingerprint density at radius 1 is 0.941 bits per heavy atom. The van der Waals surface area contributed by atoms with Gasteiger partial charge in [-0.05, 0) is 23.0 Å². The first-order chi connectivity index (χ1) is 7.97. The fraction of sp³-hybridized carbons (Fsp3) is 0.600. The molecule has 0 bridgehead atoms. The van der Waals surface area contributed by atoms with Crippen molar-refractivity contribution in [1.82, 2.24) is 0 Å². The second-order valence-corrected chi connectivity index (χ2v) is 5.29. The summed E-state index contributed by atoms with van der Waals surface area (Å²) in [6, 6.07) is 8.50. The highest BCUT2D eigenvalue weighted by atomic mass is 16.5. The molecule has 96 valence electrons. The van der Waals surface area contributed by atoms with Crippen molar-refractivity contribution < 1.29 is 4.74 Å². The van der Waals surface area contributed by atoms with Crippen LogP contribution in [0.3, 0.4) is 0 Å². The fourth-order valence-corrected chi connectivity index (χ4v) is 2.13. The van der Waals surface area contributed by atoms with Crippen LogP contribution in [0.2, 0.25) is 0 Å². The molecule has 0 aliphatic rings. The van der Waals surface area contributed by atoms with Crippen LogP contribution in [0.15, 0.2) is 24.3 Å². The van der Waals surface area contributed by atoms with Crippen LogP contribution >= 0.6 is 0 Å². The minimum atomic E-state index is -0.0544. The predicted molar refractivity (Wildman–Crippen MR) is 73.1 cm³/mol. The third-order valence-corrected chi connectivity index (χ3v) is 3.27. The number of benzene rings is 1. The summed E-state index contributed by atoms with van der Waals surface area (Å²) in [5.74, 6) is 0.975. The van der Waals surface area contributed by atoms with Crippen molar-refractivity contribution in [3.63, 3.8) is 0 Å². The van der Waals surface area contributed by atoms with Gasteiger partial charge in [0.1, 0.15) is 0 Å². The standard InChI is InChI=1S/C15H25NO/c1-10(2)12-6-8-13(9-7-12)14(16)15(17-5)11(3)4/h6-11,14-15H,16H2,1-5H3. The van der Waals surface area contributed by atoms with Gasteiger partial charge in [-0.1, -0.05) is 52.0 Å². The highest BCUT2D eigenvalue weighted by Crippen LogP contribution is 2.24. The van der Waals surface area contributed by atoms with Gasteiger partial charge >= 0.3 is 0 Å². The van der Waals surface area contributed by atoms with E-state index < -0.39 is 0 Å². The first-order valence-corrected chi connectivity index (χ1v) is 6.35. The Labute approximate surface area is 105 Å². The van der Waals surface area contributed by atoms with Gasteiger partial charge in [-0.3, -0.25) is 0 Å². The van der Waals surface area contributed by atoms with Gasteiger partial charge in [0.25, 0.3) is 0 Å². The molecule has 0 radical (unpaired) electrons. The molecule has 1 aromatic rings. The van der Waals surface area contributed by atoms with E-state index in [9.17, 15) is 0 Å². The lowest BCUT2D eigenvalue weighted by Gasteiger charge is -2.26. The second kappa shape index (κ2) is 6.18. The molecule has 0 fully saturated rings. The maximum atomic E-state index is 6.25. The Kier molecular flexibility index (Phi) is 5.16. The normalized spacial score (nSPS) is 15.3. The first-order valence-electron chi connectivity index (χ1n) is 6.35. The van der Waals surface area contributed by atoms with Crippen LogP contribution in [-0.4, -0.2) is 13.2 Å². The predicted octanol–water partition coefficient (Wildman–Crippen LogP) is 3.48. The fourth-order valence-electron chi connectivity index (χ4n) is 2.13. The lowest BCUT2D eigenvalue weighted by molar-refractivity contribution is 0.0437. The maximum Gasteiger partial charge on any atom is 0.0786 e. The van der Waals surface area contributed by atoms with Gasteiger partial charge in [0.15, 0.2) is 0 Å². The monoisotopic (exact) mass is 235 g/mol. The van der Waals surface area contributed by atoms with E-state index in [4.69, 9.17) is 10.5 Å². The number of hydrogen-bond donors (Lipinski definition) is 1. The Bertz CT molecular complexity index is 329. The molecular formula is C15H25NO. The number of rotatable bonds is 5. The van der Waals surface area contributed by atoms with Gasteiger partial charge in [-0.15, -0.1) is 0 Å². The van der Waals surface area contributed by atoms with Crippen LogP contribution < -0.4 is 5.73 Å². The zero-order chi connectivity index (χ0) is 13.0. The minimum Gasteiger partial charge on any atom is -0.379 e. The van der Waals surface area contributed by atoms with E-state index in [-0.39, 0.29) is 12.1 Å². The molecule has 0 aliphatic heterocycles. The molecule has 2 atom stereocenters. The largest absolute Gasteiger partial charge is 0.379 e. The third kappa shape index (κ3) is 3.55. The van der Waals surface area contributed by atoms with E-state index in [0.29, 0.717) is 11.8 Å². The summed E-state index contributed by atoms with van der Waals surface area (Å²) in [7, 11) is 1.73. The molecule has 2 heteroatoms. The van der Waals surface area contributed by atoms with Gasteiger partial charge in [0, 0.05) is 7.11 Å². The molecule has 1 rings (SSSR count). The average molecular weight is 235 g/mol. The van der Waals surface area contributed by atoms with E-state index in [0.717, 1.165) is 5.56 Å². The minimum absolute atomic E-state index is 0.0544. The van der Waals surface area contributed by atoms with Crippen molar-refractivity contribution in [2.24, 2.45) is 11.7 Å². The number of hydrogen-bond acceptors (Lipinski definition) is 2. The summed E-state index contributed by atoms with van der Waals surface area (Å²) in [5, 5.41) is 0. The summed E-state index contributed by atoms with van der Waals surface area (Å²) in [5.41, 5.74) is 8.75. The van der Waals surface area contributed by atoms with Gasteiger partial charge < -0.3 is 10.5 Å². The Hall–Kier alpha value is -0.860. The van der Waals surface area contributed by atoms with Crippen molar-refractivity contribution in [1.29, 1.82) is 0 Å². The summed E-state index contributed by atoms with van der Waals surface area (Å²) in [6.45, 7) is 8.66. The first kappa shape index (κ1) is 14.2. The molecule has 0 heterocycles.